The molecule has 0 saturated heterocycles. The topological polar surface area (TPSA) is 90.3 Å². The van der Waals surface area contributed by atoms with Gasteiger partial charge in [0.05, 0.1) is 11.4 Å². The van der Waals surface area contributed by atoms with Gasteiger partial charge < -0.3 is 20.3 Å². The van der Waals surface area contributed by atoms with Crippen molar-refractivity contribution in [2.24, 2.45) is 0 Å². The highest BCUT2D eigenvalue weighted by atomic mass is 19.3. The lowest BCUT2D eigenvalue weighted by atomic mass is 10.0. The molecular weight excluding hydrogens is 447 g/mol. The quantitative estimate of drug-likeness (QED) is 0.344. The average molecular weight is 482 g/mol. The molecule has 1 heterocycles. The SMILES string of the molecule is CC(C)Nc1cc(C=O)cnc1C(=N)c1cc(OC(F)F)ccc1F.CNC(C)(C)CN(C)C. The first-order chi connectivity index (χ1) is 15.8. The Morgan fingerprint density at radius 2 is 1.91 bits per heavy atom. The first-order valence-electron chi connectivity index (χ1n) is 10.7. The number of carbonyl (C=O) groups excluding carboxylic acids is 1. The van der Waals surface area contributed by atoms with Crippen LogP contribution in [0.4, 0.5) is 18.9 Å². The van der Waals surface area contributed by atoms with Gasteiger partial charge in [0.2, 0.25) is 0 Å². The second-order valence-corrected chi connectivity index (χ2v) is 8.85. The van der Waals surface area contributed by atoms with Crippen LogP contribution < -0.4 is 15.4 Å². The Bertz CT molecular complexity index is 966. The maximum atomic E-state index is 14.1. The highest BCUT2D eigenvalue weighted by Gasteiger charge is 2.18. The van der Waals surface area contributed by atoms with E-state index in [0.29, 0.717) is 12.0 Å². The highest BCUT2D eigenvalue weighted by Crippen LogP contribution is 2.24. The molecule has 34 heavy (non-hydrogen) atoms. The third-order valence-electron chi connectivity index (χ3n) is 4.55. The zero-order valence-electron chi connectivity index (χ0n) is 20.7. The van der Waals surface area contributed by atoms with Gasteiger partial charge in [0.1, 0.15) is 17.3 Å². The highest BCUT2D eigenvalue weighted by molar-refractivity contribution is 6.13. The number of ether oxygens (including phenoxy) is 1. The lowest BCUT2D eigenvalue weighted by Crippen LogP contribution is -2.45. The molecule has 0 aliphatic carbocycles. The van der Waals surface area contributed by atoms with Crippen LogP contribution in [0.15, 0.2) is 30.5 Å². The van der Waals surface area contributed by atoms with Gasteiger partial charge in [0.15, 0.2) is 6.29 Å². The summed E-state index contributed by atoms with van der Waals surface area (Å²) in [6.07, 6.45) is 1.85. The van der Waals surface area contributed by atoms with Crippen molar-refractivity contribution in [2.75, 3.05) is 33.0 Å². The van der Waals surface area contributed by atoms with Crippen molar-refractivity contribution in [3.8, 4) is 5.75 Å². The van der Waals surface area contributed by atoms with Crippen molar-refractivity contribution in [1.29, 1.82) is 5.41 Å². The minimum absolute atomic E-state index is 0.0337. The smallest absolute Gasteiger partial charge is 0.387 e. The number of nitrogens with zero attached hydrogens (tertiary/aromatic N) is 2. The van der Waals surface area contributed by atoms with Crippen molar-refractivity contribution in [3.63, 3.8) is 0 Å². The zero-order valence-corrected chi connectivity index (χ0v) is 20.7. The Labute approximate surface area is 199 Å². The van der Waals surface area contributed by atoms with E-state index in [1.807, 2.05) is 20.9 Å². The molecule has 2 aromatic rings. The van der Waals surface area contributed by atoms with E-state index in [4.69, 9.17) is 5.41 Å². The first kappa shape index (κ1) is 29.1. The Morgan fingerprint density at radius 1 is 1.26 bits per heavy atom. The number of nitrogens with one attached hydrogen (secondary N) is 3. The van der Waals surface area contributed by atoms with Gasteiger partial charge in [-0.25, -0.2) is 4.39 Å². The van der Waals surface area contributed by atoms with Gasteiger partial charge in [-0.3, -0.25) is 15.2 Å². The fraction of sp³-hybridized carbons (Fsp3) is 0.458. The lowest BCUT2D eigenvalue weighted by molar-refractivity contribution is -0.0499. The summed E-state index contributed by atoms with van der Waals surface area (Å²) in [5.74, 6) is -1.04. The second kappa shape index (κ2) is 13.0. The Balaban J connectivity index is 0.000000546. The molecule has 0 atom stereocenters. The average Bonchev–Trinajstić information content (AvgIpc) is 2.73. The number of halogens is 3. The molecule has 0 radical (unpaired) electrons. The summed E-state index contributed by atoms with van der Waals surface area (Å²) in [5, 5.41) is 14.5. The van der Waals surface area contributed by atoms with Crippen LogP contribution in [0, 0.1) is 11.2 Å². The molecule has 0 spiro atoms. The van der Waals surface area contributed by atoms with Gasteiger partial charge in [-0.15, -0.1) is 0 Å². The van der Waals surface area contributed by atoms with Crippen LogP contribution in [0.2, 0.25) is 0 Å². The third-order valence-corrected chi connectivity index (χ3v) is 4.55. The van der Waals surface area contributed by atoms with E-state index in [1.54, 1.807) is 0 Å². The predicted molar refractivity (Wildman–Crippen MR) is 129 cm³/mol. The summed E-state index contributed by atoms with van der Waals surface area (Å²) in [6, 6.07) is 4.46. The van der Waals surface area contributed by atoms with Gasteiger partial charge in [-0.1, -0.05) is 0 Å². The van der Waals surface area contributed by atoms with Crippen LogP contribution in [-0.2, 0) is 0 Å². The maximum Gasteiger partial charge on any atom is 0.387 e. The minimum atomic E-state index is -3.06. The molecule has 2 rings (SSSR count). The van der Waals surface area contributed by atoms with E-state index in [0.717, 1.165) is 24.7 Å². The first-order valence-corrected chi connectivity index (χ1v) is 10.7. The van der Waals surface area contributed by atoms with E-state index >= 15 is 0 Å². The van der Waals surface area contributed by atoms with Crippen LogP contribution in [0.5, 0.6) is 5.75 Å². The van der Waals surface area contributed by atoms with Gasteiger partial charge in [-0.2, -0.15) is 8.78 Å². The molecule has 188 valence electrons. The van der Waals surface area contributed by atoms with Crippen LogP contribution in [-0.4, -0.2) is 67.8 Å². The molecule has 0 unspecified atom stereocenters. The molecule has 0 amide bonds. The Kier molecular flexibility index (Phi) is 11.1. The van der Waals surface area contributed by atoms with Gasteiger partial charge in [-0.05, 0) is 73.1 Å². The van der Waals surface area contributed by atoms with E-state index < -0.39 is 12.4 Å². The second-order valence-electron chi connectivity index (χ2n) is 8.85. The number of hydrogen-bond donors (Lipinski definition) is 3. The summed E-state index contributed by atoms with van der Waals surface area (Å²) < 4.78 is 43.0. The van der Waals surface area contributed by atoms with Crippen molar-refractivity contribution in [1.82, 2.24) is 15.2 Å². The normalized spacial score (nSPS) is 11.3. The molecule has 3 N–H and O–H groups in total. The minimum Gasteiger partial charge on any atom is -0.435 e. The number of hydrogen-bond acceptors (Lipinski definition) is 7. The number of likely N-dealkylation sites (N-methyl/N-ethyl adjacent to an activating group) is 2. The number of carbonyl (C=O) groups is 1. The van der Waals surface area contributed by atoms with Crippen LogP contribution >= 0.6 is 0 Å². The van der Waals surface area contributed by atoms with E-state index in [2.05, 4.69) is 53.2 Å². The maximum absolute atomic E-state index is 14.1. The van der Waals surface area contributed by atoms with Crippen molar-refractivity contribution >= 4 is 17.7 Å². The van der Waals surface area contributed by atoms with Crippen molar-refractivity contribution in [3.05, 3.63) is 53.1 Å². The molecule has 1 aromatic carbocycles. The summed E-state index contributed by atoms with van der Waals surface area (Å²) in [4.78, 5) is 17.1. The number of alkyl halides is 2. The van der Waals surface area contributed by atoms with Crippen LogP contribution in [0.1, 0.15) is 49.3 Å². The number of rotatable bonds is 10. The fourth-order valence-electron chi connectivity index (χ4n) is 3.03. The molecule has 0 aliphatic rings. The third kappa shape index (κ3) is 9.48. The number of aromatic nitrogens is 1. The Morgan fingerprint density at radius 3 is 2.38 bits per heavy atom. The number of benzene rings is 1. The van der Waals surface area contributed by atoms with Gasteiger partial charge >= 0.3 is 6.61 Å². The molecule has 0 bridgehead atoms. The monoisotopic (exact) mass is 481 g/mol. The number of anilines is 1. The molecule has 0 saturated carbocycles. The van der Waals surface area contributed by atoms with E-state index in [1.165, 1.54) is 12.3 Å². The molecule has 7 nitrogen and oxygen atoms in total. The number of pyridine rings is 1. The van der Waals surface area contributed by atoms with Gasteiger partial charge in [0, 0.05) is 35.4 Å². The van der Waals surface area contributed by atoms with E-state index in [9.17, 15) is 18.0 Å². The lowest BCUT2D eigenvalue weighted by Gasteiger charge is -2.27. The molecule has 0 aliphatic heterocycles. The van der Waals surface area contributed by atoms with E-state index in [-0.39, 0.29) is 39.9 Å². The van der Waals surface area contributed by atoms with Crippen molar-refractivity contribution < 1.29 is 22.7 Å². The molecule has 10 heteroatoms. The molecular formula is C24H34F3N5O2. The summed E-state index contributed by atoms with van der Waals surface area (Å²) >= 11 is 0. The number of aldehydes is 1. The summed E-state index contributed by atoms with van der Waals surface area (Å²) in [7, 11) is 6.15. The molecule has 1 aromatic heterocycles. The van der Waals surface area contributed by atoms with Gasteiger partial charge in [0.25, 0.3) is 0 Å². The molecule has 0 fully saturated rings. The standard InChI is InChI=1S/C17H16F3N3O2.C7H18N2/c1-9(2)23-14-5-10(8-24)7-22-16(14)15(21)12-6-11(25-17(19)20)3-4-13(12)18;1-7(2,8-3)6-9(4)5/h3-9,17,21,23H,1-2H3;8H,6H2,1-5H3. The van der Waals surface area contributed by atoms with Crippen LogP contribution in [0.3, 0.4) is 0 Å². The predicted octanol–water partition coefficient (Wildman–Crippen LogP) is 4.42. The fourth-order valence-corrected chi connectivity index (χ4v) is 3.03. The zero-order chi connectivity index (χ0) is 26.1. The Hall–Kier alpha value is -2.98. The largest absolute Gasteiger partial charge is 0.435 e. The summed E-state index contributed by atoms with van der Waals surface area (Å²) in [6.45, 7) is 6.08. The van der Waals surface area contributed by atoms with Crippen LogP contribution in [0.25, 0.3) is 0 Å². The summed E-state index contributed by atoms with van der Waals surface area (Å²) in [5.41, 5.74) is 0.421. The van der Waals surface area contributed by atoms with Crippen molar-refractivity contribution in [2.45, 2.75) is 45.9 Å².